The van der Waals surface area contributed by atoms with Crippen LogP contribution in [0.15, 0.2) is 46.7 Å². The second-order valence-corrected chi connectivity index (χ2v) is 8.00. The number of ether oxygens (including phenoxy) is 2. The van der Waals surface area contributed by atoms with Gasteiger partial charge in [0.1, 0.15) is 17.1 Å². The summed E-state index contributed by atoms with van der Waals surface area (Å²) in [6.07, 6.45) is 2.64. The number of aromatic carboxylic acids is 1. The zero-order chi connectivity index (χ0) is 20.5. The molecule has 0 aliphatic carbocycles. The number of hydrogen-bond donors (Lipinski definition) is 1. The Labute approximate surface area is 175 Å². The van der Waals surface area contributed by atoms with Crippen LogP contribution in [0.4, 0.5) is 0 Å². The maximum atomic E-state index is 12.4. The fourth-order valence-electron chi connectivity index (χ4n) is 3.19. The Kier molecular flexibility index (Phi) is 5.34. The number of unbranched alkanes of at least 4 members (excludes halogenated alkanes) is 1. The summed E-state index contributed by atoms with van der Waals surface area (Å²) < 4.78 is 13.7. The predicted molar refractivity (Wildman–Crippen MR) is 112 cm³/mol. The molecule has 6 nitrogen and oxygen atoms in total. The van der Waals surface area contributed by atoms with E-state index >= 15 is 0 Å². The van der Waals surface area contributed by atoms with Crippen molar-refractivity contribution in [2.24, 2.45) is 0 Å². The molecule has 0 spiro atoms. The van der Waals surface area contributed by atoms with Gasteiger partial charge in [0.2, 0.25) is 6.23 Å². The molecule has 0 saturated heterocycles. The van der Waals surface area contributed by atoms with Crippen LogP contribution in [0.5, 0.6) is 11.5 Å². The van der Waals surface area contributed by atoms with Gasteiger partial charge in [-0.1, -0.05) is 31.0 Å². The number of thiophene rings is 1. The molecule has 1 aliphatic heterocycles. The summed E-state index contributed by atoms with van der Waals surface area (Å²) in [6, 6.07) is 8.53. The molecular formula is C21H18ClNO5S. The average molecular weight is 432 g/mol. The van der Waals surface area contributed by atoms with Gasteiger partial charge in [0.15, 0.2) is 5.43 Å². The van der Waals surface area contributed by atoms with E-state index < -0.39 is 17.6 Å². The fourth-order valence-corrected chi connectivity index (χ4v) is 4.16. The lowest BCUT2D eigenvalue weighted by atomic mass is 10.1. The van der Waals surface area contributed by atoms with Crippen LogP contribution in [0.1, 0.15) is 41.2 Å². The van der Waals surface area contributed by atoms with Crippen LogP contribution in [-0.2, 0) is 0 Å². The van der Waals surface area contributed by atoms with E-state index in [-0.39, 0.29) is 5.56 Å². The molecule has 1 atom stereocenters. The number of pyridine rings is 1. The average Bonchev–Trinajstić information content (AvgIpc) is 3.22. The molecule has 1 aromatic carbocycles. The van der Waals surface area contributed by atoms with Crippen LogP contribution in [-0.4, -0.2) is 22.2 Å². The molecular weight excluding hydrogens is 414 g/mol. The number of fused-ring (bicyclic) bond motifs is 3. The Morgan fingerprint density at radius 2 is 2.21 bits per heavy atom. The third-order valence-electron chi connectivity index (χ3n) is 4.65. The summed E-state index contributed by atoms with van der Waals surface area (Å²) >= 11 is 7.89. The van der Waals surface area contributed by atoms with Crippen LogP contribution in [0.3, 0.4) is 0 Å². The molecule has 0 fully saturated rings. The smallest absolute Gasteiger partial charge is 0.341 e. The van der Waals surface area contributed by atoms with Crippen molar-refractivity contribution in [2.45, 2.75) is 26.0 Å². The quantitative estimate of drug-likeness (QED) is 0.553. The van der Waals surface area contributed by atoms with E-state index in [0.717, 1.165) is 17.7 Å². The summed E-state index contributed by atoms with van der Waals surface area (Å²) in [6.45, 7) is 2.62. The molecule has 1 unspecified atom stereocenters. The number of hydrogen-bond acceptors (Lipinski definition) is 5. The third-order valence-corrected chi connectivity index (χ3v) is 5.85. The maximum absolute atomic E-state index is 12.4. The molecule has 3 aromatic rings. The number of rotatable bonds is 6. The highest BCUT2D eigenvalue weighted by molar-refractivity contribution is 7.10. The summed E-state index contributed by atoms with van der Waals surface area (Å²) in [7, 11) is 0. The Balaban J connectivity index is 1.87. The molecule has 2 aromatic heterocycles. The van der Waals surface area contributed by atoms with E-state index in [4.69, 9.17) is 21.1 Å². The third kappa shape index (κ3) is 3.63. The Bertz CT molecular complexity index is 1120. The van der Waals surface area contributed by atoms with Crippen molar-refractivity contribution < 1.29 is 19.4 Å². The van der Waals surface area contributed by atoms with Gasteiger partial charge in [0, 0.05) is 23.9 Å². The Hall–Kier alpha value is -2.77. The van der Waals surface area contributed by atoms with Gasteiger partial charge in [-0.25, -0.2) is 4.79 Å². The number of benzene rings is 1. The van der Waals surface area contributed by atoms with E-state index in [2.05, 4.69) is 6.92 Å². The SMILES string of the molecule is CCCCOc1cc2c(cc1Cl)-c1cc(=O)c(C(=O)O)cn1C(c1cccs1)O2. The minimum Gasteiger partial charge on any atom is -0.492 e. The predicted octanol–water partition coefficient (Wildman–Crippen LogP) is 5.05. The summed E-state index contributed by atoms with van der Waals surface area (Å²) in [4.78, 5) is 24.7. The van der Waals surface area contributed by atoms with Crippen molar-refractivity contribution in [1.82, 2.24) is 4.57 Å². The van der Waals surface area contributed by atoms with Gasteiger partial charge in [-0.3, -0.25) is 4.79 Å². The molecule has 150 valence electrons. The first kappa shape index (κ1) is 19.5. The highest BCUT2D eigenvalue weighted by Crippen LogP contribution is 2.45. The van der Waals surface area contributed by atoms with Gasteiger partial charge < -0.3 is 19.1 Å². The molecule has 3 heterocycles. The summed E-state index contributed by atoms with van der Waals surface area (Å²) in [5.41, 5.74) is 0.273. The molecule has 1 aliphatic rings. The Morgan fingerprint density at radius 1 is 1.38 bits per heavy atom. The number of carboxylic acids is 1. The van der Waals surface area contributed by atoms with Gasteiger partial charge >= 0.3 is 5.97 Å². The van der Waals surface area contributed by atoms with Gasteiger partial charge in [-0.15, -0.1) is 11.3 Å². The molecule has 0 amide bonds. The first-order valence-corrected chi connectivity index (χ1v) is 10.4. The van der Waals surface area contributed by atoms with Gasteiger partial charge in [-0.2, -0.15) is 0 Å². The number of halogens is 1. The highest BCUT2D eigenvalue weighted by Gasteiger charge is 2.30. The van der Waals surface area contributed by atoms with E-state index in [1.165, 1.54) is 23.6 Å². The topological polar surface area (TPSA) is 77.8 Å². The molecule has 8 heteroatoms. The second kappa shape index (κ2) is 7.93. The normalized spacial score (nSPS) is 14.6. The van der Waals surface area contributed by atoms with E-state index in [1.54, 1.807) is 16.7 Å². The zero-order valence-corrected chi connectivity index (χ0v) is 17.1. The fraction of sp³-hybridized carbons (Fsp3) is 0.238. The monoisotopic (exact) mass is 431 g/mol. The van der Waals surface area contributed by atoms with Crippen molar-refractivity contribution in [3.63, 3.8) is 0 Å². The molecule has 1 N–H and O–H groups in total. The highest BCUT2D eigenvalue weighted by atomic mass is 35.5. The van der Waals surface area contributed by atoms with Crippen LogP contribution >= 0.6 is 22.9 Å². The van der Waals surface area contributed by atoms with Crippen LogP contribution in [0, 0.1) is 0 Å². The molecule has 29 heavy (non-hydrogen) atoms. The van der Waals surface area contributed by atoms with Crippen LogP contribution < -0.4 is 14.9 Å². The van der Waals surface area contributed by atoms with Crippen molar-refractivity contribution in [1.29, 1.82) is 0 Å². The van der Waals surface area contributed by atoms with Crippen molar-refractivity contribution in [2.75, 3.05) is 6.61 Å². The summed E-state index contributed by atoms with van der Waals surface area (Å²) in [5, 5.41) is 11.7. The lowest BCUT2D eigenvalue weighted by molar-refractivity contribution is 0.0693. The zero-order valence-electron chi connectivity index (χ0n) is 15.6. The van der Waals surface area contributed by atoms with Gasteiger partial charge in [0.05, 0.1) is 22.2 Å². The van der Waals surface area contributed by atoms with E-state index in [1.807, 2.05) is 17.5 Å². The standard InChI is InChI=1S/C21H18ClNO5S/c1-2-3-6-27-18-10-17-12(8-14(18)22)15-9-16(24)13(21(25)26)11-23(15)20(28-17)19-5-4-7-29-19/h4-5,7-11,20H,2-3,6H2,1H3,(H,25,26). The van der Waals surface area contributed by atoms with Crippen LogP contribution in [0.2, 0.25) is 5.02 Å². The Morgan fingerprint density at radius 3 is 2.90 bits per heavy atom. The molecule has 0 bridgehead atoms. The van der Waals surface area contributed by atoms with Crippen LogP contribution in [0.25, 0.3) is 11.3 Å². The lowest BCUT2D eigenvalue weighted by Gasteiger charge is -2.31. The van der Waals surface area contributed by atoms with Crippen molar-refractivity contribution in [3.8, 4) is 22.8 Å². The molecule has 0 saturated carbocycles. The number of aromatic nitrogens is 1. The molecule has 0 radical (unpaired) electrons. The maximum Gasteiger partial charge on any atom is 0.341 e. The summed E-state index contributed by atoms with van der Waals surface area (Å²) in [5.74, 6) is -0.234. The largest absolute Gasteiger partial charge is 0.492 e. The first-order valence-electron chi connectivity index (χ1n) is 9.16. The number of carbonyl (C=O) groups is 1. The van der Waals surface area contributed by atoms with E-state index in [0.29, 0.717) is 34.4 Å². The van der Waals surface area contributed by atoms with Gasteiger partial charge in [0.25, 0.3) is 0 Å². The molecule has 4 rings (SSSR count). The first-order chi connectivity index (χ1) is 14.0. The number of nitrogens with zero attached hydrogens (tertiary/aromatic N) is 1. The van der Waals surface area contributed by atoms with Crippen molar-refractivity contribution >= 4 is 28.9 Å². The lowest BCUT2D eigenvalue weighted by Crippen LogP contribution is -2.27. The van der Waals surface area contributed by atoms with E-state index in [9.17, 15) is 14.7 Å². The second-order valence-electron chi connectivity index (χ2n) is 6.62. The van der Waals surface area contributed by atoms with Crippen molar-refractivity contribution in [3.05, 3.63) is 67.6 Å². The minimum atomic E-state index is -1.28. The number of carboxylic acid groups (broad SMARTS) is 1. The van der Waals surface area contributed by atoms with Gasteiger partial charge in [-0.05, 0) is 23.9 Å². The minimum absolute atomic E-state index is 0.312.